The Labute approximate surface area is 125 Å². The number of amides is 1. The van der Waals surface area contributed by atoms with E-state index in [1.54, 1.807) is 0 Å². The van der Waals surface area contributed by atoms with Crippen molar-refractivity contribution in [2.75, 3.05) is 6.54 Å². The number of hydrazone groups is 1. The van der Waals surface area contributed by atoms with Crippen LogP contribution in [0.3, 0.4) is 0 Å². The number of carbonyl (C=O) groups excluding carboxylic acids is 1. The highest BCUT2D eigenvalue weighted by molar-refractivity contribution is 6.42. The quantitative estimate of drug-likeness (QED) is 0.906. The van der Waals surface area contributed by atoms with Crippen molar-refractivity contribution < 1.29 is 4.79 Å². The van der Waals surface area contributed by atoms with E-state index in [0.29, 0.717) is 6.04 Å². The standard InChI is InChI=1S/C17H21N3O/c21-17-16-14(11-20(17)13-9-5-2-6-10-13)15(18-19-16)12-7-3-1-4-8-12/h1,3-4,7-8,13-15,18H,2,5-6,9-11H2/t14-,15+/m1/s1. The maximum Gasteiger partial charge on any atom is 0.270 e. The van der Waals surface area contributed by atoms with Crippen LogP contribution in [-0.4, -0.2) is 29.1 Å². The van der Waals surface area contributed by atoms with E-state index in [9.17, 15) is 4.79 Å². The average molecular weight is 283 g/mol. The third kappa shape index (κ3) is 2.13. The highest BCUT2D eigenvalue weighted by atomic mass is 16.2. The Morgan fingerprint density at radius 3 is 2.62 bits per heavy atom. The van der Waals surface area contributed by atoms with E-state index >= 15 is 0 Å². The maximum absolute atomic E-state index is 12.6. The van der Waals surface area contributed by atoms with E-state index in [2.05, 4.69) is 27.6 Å². The van der Waals surface area contributed by atoms with E-state index in [1.807, 2.05) is 18.2 Å². The Bertz CT molecular complexity index is 563. The monoisotopic (exact) mass is 283 g/mol. The normalized spacial score (nSPS) is 29.2. The summed E-state index contributed by atoms with van der Waals surface area (Å²) in [6.07, 6.45) is 6.15. The maximum atomic E-state index is 12.6. The van der Waals surface area contributed by atoms with Crippen LogP contribution in [0.15, 0.2) is 35.4 Å². The van der Waals surface area contributed by atoms with Crippen molar-refractivity contribution in [3.8, 4) is 0 Å². The van der Waals surface area contributed by atoms with E-state index in [4.69, 9.17) is 0 Å². The first-order valence-corrected chi connectivity index (χ1v) is 8.03. The van der Waals surface area contributed by atoms with Crippen molar-refractivity contribution in [3.63, 3.8) is 0 Å². The minimum atomic E-state index is 0.152. The van der Waals surface area contributed by atoms with E-state index < -0.39 is 0 Å². The Morgan fingerprint density at radius 1 is 1.10 bits per heavy atom. The van der Waals surface area contributed by atoms with Gasteiger partial charge in [0, 0.05) is 12.6 Å². The molecule has 2 atom stereocenters. The SMILES string of the molecule is O=C1C2=NN[C@@H](c3ccccc3)[C@H]2CN1C1CCCCC1. The number of rotatable bonds is 2. The van der Waals surface area contributed by atoms with Crippen molar-refractivity contribution >= 4 is 11.6 Å². The molecule has 110 valence electrons. The molecule has 0 aromatic heterocycles. The fourth-order valence-electron chi connectivity index (χ4n) is 3.98. The second kappa shape index (κ2) is 5.17. The zero-order chi connectivity index (χ0) is 14.2. The van der Waals surface area contributed by atoms with Crippen molar-refractivity contribution in [3.05, 3.63) is 35.9 Å². The molecule has 1 aromatic rings. The fourth-order valence-corrected chi connectivity index (χ4v) is 3.98. The first-order chi connectivity index (χ1) is 10.3. The van der Waals surface area contributed by atoms with E-state index in [0.717, 1.165) is 25.1 Å². The van der Waals surface area contributed by atoms with Gasteiger partial charge < -0.3 is 10.3 Å². The predicted molar refractivity (Wildman–Crippen MR) is 81.8 cm³/mol. The first kappa shape index (κ1) is 12.9. The van der Waals surface area contributed by atoms with Gasteiger partial charge in [-0.1, -0.05) is 49.6 Å². The molecule has 0 unspecified atom stereocenters. The minimum absolute atomic E-state index is 0.152. The van der Waals surface area contributed by atoms with Gasteiger partial charge in [0.2, 0.25) is 0 Å². The molecule has 0 radical (unpaired) electrons. The Kier molecular flexibility index (Phi) is 3.17. The van der Waals surface area contributed by atoms with Crippen molar-refractivity contribution in [2.24, 2.45) is 11.0 Å². The summed E-state index contributed by atoms with van der Waals surface area (Å²) >= 11 is 0. The molecule has 4 nitrogen and oxygen atoms in total. The topological polar surface area (TPSA) is 44.7 Å². The van der Waals surface area contributed by atoms with Gasteiger partial charge in [0.15, 0.2) is 0 Å². The van der Waals surface area contributed by atoms with Crippen LogP contribution in [0.4, 0.5) is 0 Å². The van der Waals surface area contributed by atoms with Crippen LogP contribution < -0.4 is 5.43 Å². The second-order valence-electron chi connectivity index (χ2n) is 6.37. The van der Waals surface area contributed by atoms with Gasteiger partial charge in [-0.25, -0.2) is 0 Å². The predicted octanol–water partition coefficient (Wildman–Crippen LogP) is 2.48. The smallest absolute Gasteiger partial charge is 0.270 e. The Balaban J connectivity index is 1.55. The largest absolute Gasteiger partial charge is 0.334 e. The molecule has 2 heterocycles. The van der Waals surface area contributed by atoms with Crippen molar-refractivity contribution in [2.45, 2.75) is 44.2 Å². The van der Waals surface area contributed by atoms with Gasteiger partial charge in [-0.2, -0.15) is 5.10 Å². The first-order valence-electron chi connectivity index (χ1n) is 8.03. The van der Waals surface area contributed by atoms with Crippen LogP contribution in [0, 0.1) is 5.92 Å². The number of nitrogens with zero attached hydrogens (tertiary/aromatic N) is 2. The van der Waals surface area contributed by atoms with Gasteiger partial charge in [0.25, 0.3) is 5.91 Å². The molecule has 3 aliphatic rings. The molecule has 1 saturated heterocycles. The van der Waals surface area contributed by atoms with Crippen molar-refractivity contribution in [1.29, 1.82) is 0 Å². The van der Waals surface area contributed by atoms with Crippen LogP contribution in [0.5, 0.6) is 0 Å². The zero-order valence-electron chi connectivity index (χ0n) is 12.2. The van der Waals surface area contributed by atoms with Gasteiger partial charge in [0.05, 0.1) is 12.0 Å². The molecule has 2 fully saturated rings. The third-order valence-electron chi connectivity index (χ3n) is 5.13. The summed E-state index contributed by atoms with van der Waals surface area (Å²) in [5.41, 5.74) is 5.14. The van der Waals surface area contributed by atoms with Gasteiger partial charge in [0.1, 0.15) is 5.71 Å². The highest BCUT2D eigenvalue weighted by Gasteiger charge is 2.47. The van der Waals surface area contributed by atoms with Gasteiger partial charge in [-0.15, -0.1) is 0 Å². The van der Waals surface area contributed by atoms with E-state index in [-0.39, 0.29) is 17.9 Å². The lowest BCUT2D eigenvalue weighted by Gasteiger charge is -2.31. The number of hydrogen-bond donors (Lipinski definition) is 1. The lowest BCUT2D eigenvalue weighted by molar-refractivity contribution is -0.125. The summed E-state index contributed by atoms with van der Waals surface area (Å²) in [5.74, 6) is 0.375. The highest BCUT2D eigenvalue weighted by Crippen LogP contribution is 2.36. The Hall–Kier alpha value is -1.84. The van der Waals surface area contributed by atoms with Gasteiger partial charge in [-0.3, -0.25) is 4.79 Å². The number of carbonyl (C=O) groups is 1. The fraction of sp³-hybridized carbons (Fsp3) is 0.529. The molecule has 0 spiro atoms. The molecular weight excluding hydrogens is 262 g/mol. The molecule has 4 rings (SSSR count). The second-order valence-corrected chi connectivity index (χ2v) is 6.37. The van der Waals surface area contributed by atoms with Crippen LogP contribution in [0.25, 0.3) is 0 Å². The lowest BCUT2D eigenvalue weighted by Crippen LogP contribution is -2.39. The Morgan fingerprint density at radius 2 is 1.86 bits per heavy atom. The average Bonchev–Trinajstić information content (AvgIpc) is 3.10. The molecule has 0 bridgehead atoms. The van der Waals surface area contributed by atoms with Crippen LogP contribution in [-0.2, 0) is 4.79 Å². The molecule has 1 aliphatic carbocycles. The number of hydrogen-bond acceptors (Lipinski definition) is 3. The molecule has 1 saturated carbocycles. The van der Waals surface area contributed by atoms with Crippen LogP contribution in [0.1, 0.15) is 43.7 Å². The summed E-state index contributed by atoms with van der Waals surface area (Å²) in [6, 6.07) is 10.9. The summed E-state index contributed by atoms with van der Waals surface area (Å²) in [4.78, 5) is 14.7. The molecule has 1 N–H and O–H groups in total. The van der Waals surface area contributed by atoms with Gasteiger partial charge >= 0.3 is 0 Å². The molecule has 1 amide bonds. The van der Waals surface area contributed by atoms with Crippen LogP contribution in [0.2, 0.25) is 0 Å². The summed E-state index contributed by atoms with van der Waals surface area (Å²) in [6.45, 7) is 0.828. The molecule has 2 aliphatic heterocycles. The number of benzene rings is 1. The lowest BCUT2D eigenvalue weighted by atomic mass is 9.92. The molecule has 4 heteroatoms. The minimum Gasteiger partial charge on any atom is -0.334 e. The molecule has 1 aromatic carbocycles. The summed E-state index contributed by atoms with van der Waals surface area (Å²) in [7, 11) is 0. The summed E-state index contributed by atoms with van der Waals surface area (Å²) < 4.78 is 0. The number of nitrogens with one attached hydrogen (secondary N) is 1. The molecule has 21 heavy (non-hydrogen) atoms. The van der Waals surface area contributed by atoms with Gasteiger partial charge in [-0.05, 0) is 18.4 Å². The molecular formula is C17H21N3O. The number of likely N-dealkylation sites (tertiary alicyclic amines) is 1. The number of fused-ring (bicyclic) bond motifs is 1. The van der Waals surface area contributed by atoms with E-state index in [1.165, 1.54) is 24.8 Å². The van der Waals surface area contributed by atoms with Crippen LogP contribution >= 0.6 is 0 Å². The van der Waals surface area contributed by atoms with Crippen molar-refractivity contribution in [1.82, 2.24) is 10.3 Å². The summed E-state index contributed by atoms with van der Waals surface area (Å²) in [5, 5.41) is 4.36. The zero-order valence-corrected chi connectivity index (χ0v) is 12.2. The third-order valence-corrected chi connectivity index (χ3v) is 5.13.